The van der Waals surface area contributed by atoms with Crippen molar-refractivity contribution in [3.8, 4) is 10.6 Å². The highest BCUT2D eigenvalue weighted by atomic mass is 32.1. The summed E-state index contributed by atoms with van der Waals surface area (Å²) in [6, 6.07) is 10.9. The number of nitrogens with zero attached hydrogens (tertiary/aromatic N) is 1. The lowest BCUT2D eigenvalue weighted by atomic mass is 10.1. The Labute approximate surface area is 109 Å². The fourth-order valence-corrected chi connectivity index (χ4v) is 3.03. The molecule has 1 heterocycles. The van der Waals surface area contributed by atoms with E-state index in [-0.39, 0.29) is 5.82 Å². The van der Waals surface area contributed by atoms with E-state index in [0.717, 1.165) is 15.2 Å². The van der Waals surface area contributed by atoms with E-state index in [2.05, 4.69) is 31.0 Å². The van der Waals surface area contributed by atoms with Gasteiger partial charge in [-0.15, -0.1) is 11.3 Å². The zero-order chi connectivity index (χ0) is 12.7. The molecule has 0 radical (unpaired) electrons. The van der Waals surface area contributed by atoms with Crippen molar-refractivity contribution >= 4 is 21.6 Å². The van der Waals surface area contributed by atoms with Crippen LogP contribution in [0.2, 0.25) is 0 Å². The Morgan fingerprint density at radius 3 is 2.61 bits per heavy atom. The van der Waals surface area contributed by atoms with Crippen LogP contribution in [0.5, 0.6) is 0 Å². The normalized spacial score (nSPS) is 11.1. The van der Waals surface area contributed by atoms with Crippen LogP contribution < -0.4 is 0 Å². The maximum atomic E-state index is 13.8. The fraction of sp³-hybridized carbons (Fsp3) is 0.133. The quantitative estimate of drug-likeness (QED) is 0.614. The molecule has 18 heavy (non-hydrogen) atoms. The van der Waals surface area contributed by atoms with Gasteiger partial charge in [-0.25, -0.2) is 9.37 Å². The van der Waals surface area contributed by atoms with E-state index >= 15 is 0 Å². The van der Waals surface area contributed by atoms with Crippen LogP contribution in [0, 0.1) is 19.7 Å². The van der Waals surface area contributed by atoms with E-state index in [0.29, 0.717) is 5.56 Å². The number of halogens is 1. The van der Waals surface area contributed by atoms with Gasteiger partial charge < -0.3 is 0 Å². The zero-order valence-electron chi connectivity index (χ0n) is 10.2. The highest BCUT2D eigenvalue weighted by molar-refractivity contribution is 7.21. The van der Waals surface area contributed by atoms with Gasteiger partial charge in [0.15, 0.2) is 0 Å². The van der Waals surface area contributed by atoms with Crippen molar-refractivity contribution in [2.24, 2.45) is 0 Å². The molecule has 0 unspecified atom stereocenters. The third-order valence-corrected chi connectivity index (χ3v) is 4.24. The van der Waals surface area contributed by atoms with Crippen molar-refractivity contribution in [1.82, 2.24) is 4.98 Å². The summed E-state index contributed by atoms with van der Waals surface area (Å²) >= 11 is 1.54. The van der Waals surface area contributed by atoms with Crippen LogP contribution >= 0.6 is 11.3 Å². The number of aryl methyl sites for hydroxylation is 2. The van der Waals surface area contributed by atoms with Crippen molar-refractivity contribution in [3.05, 3.63) is 53.3 Å². The van der Waals surface area contributed by atoms with Gasteiger partial charge in [0.25, 0.3) is 0 Å². The van der Waals surface area contributed by atoms with E-state index in [1.165, 1.54) is 28.5 Å². The van der Waals surface area contributed by atoms with Gasteiger partial charge in [0, 0.05) is 5.56 Å². The van der Waals surface area contributed by atoms with E-state index in [1.807, 2.05) is 6.07 Å². The zero-order valence-corrected chi connectivity index (χ0v) is 11.0. The molecule has 0 fully saturated rings. The molecule has 0 aliphatic heterocycles. The van der Waals surface area contributed by atoms with Crippen LogP contribution in [0.3, 0.4) is 0 Å². The summed E-state index contributed by atoms with van der Waals surface area (Å²) in [5, 5.41) is 0.747. The summed E-state index contributed by atoms with van der Waals surface area (Å²) < 4.78 is 14.9. The largest absolute Gasteiger partial charge is 0.236 e. The summed E-state index contributed by atoms with van der Waals surface area (Å²) in [4.78, 5) is 4.58. The molecule has 0 atom stereocenters. The monoisotopic (exact) mass is 257 g/mol. The van der Waals surface area contributed by atoms with Crippen molar-refractivity contribution < 1.29 is 4.39 Å². The highest BCUT2D eigenvalue weighted by Crippen LogP contribution is 2.33. The molecule has 1 aromatic heterocycles. The summed E-state index contributed by atoms with van der Waals surface area (Å²) in [6.45, 7) is 4.12. The fourth-order valence-electron chi connectivity index (χ4n) is 1.98. The van der Waals surface area contributed by atoms with Gasteiger partial charge >= 0.3 is 0 Å². The molecule has 0 N–H and O–H groups in total. The average molecular weight is 257 g/mol. The van der Waals surface area contributed by atoms with Gasteiger partial charge in [-0.2, -0.15) is 0 Å². The first kappa shape index (κ1) is 11.4. The topological polar surface area (TPSA) is 12.9 Å². The molecule has 0 amide bonds. The first-order valence-corrected chi connectivity index (χ1v) is 6.60. The first-order chi connectivity index (χ1) is 8.66. The van der Waals surface area contributed by atoms with Crippen LogP contribution in [0.25, 0.3) is 20.8 Å². The van der Waals surface area contributed by atoms with Crippen LogP contribution in [0.4, 0.5) is 4.39 Å². The van der Waals surface area contributed by atoms with Gasteiger partial charge in [-0.3, -0.25) is 0 Å². The van der Waals surface area contributed by atoms with Crippen LogP contribution in [-0.4, -0.2) is 4.98 Å². The minimum Gasteiger partial charge on any atom is -0.236 e. The molecule has 90 valence electrons. The van der Waals surface area contributed by atoms with Gasteiger partial charge in [-0.1, -0.05) is 18.2 Å². The number of hydrogen-bond donors (Lipinski definition) is 0. The second-order valence-corrected chi connectivity index (χ2v) is 5.38. The second-order valence-electron chi connectivity index (χ2n) is 4.35. The van der Waals surface area contributed by atoms with Crippen molar-refractivity contribution in [1.29, 1.82) is 0 Å². The molecular formula is C15H12FNS. The number of benzene rings is 2. The van der Waals surface area contributed by atoms with E-state index in [1.54, 1.807) is 12.1 Å². The average Bonchev–Trinajstić information content (AvgIpc) is 2.79. The highest BCUT2D eigenvalue weighted by Gasteiger charge is 2.11. The Morgan fingerprint density at radius 2 is 1.83 bits per heavy atom. The molecule has 3 heteroatoms. The van der Waals surface area contributed by atoms with E-state index < -0.39 is 0 Å². The van der Waals surface area contributed by atoms with E-state index in [4.69, 9.17) is 0 Å². The van der Waals surface area contributed by atoms with E-state index in [9.17, 15) is 4.39 Å². The van der Waals surface area contributed by atoms with Crippen molar-refractivity contribution in [3.63, 3.8) is 0 Å². The smallest absolute Gasteiger partial charge is 0.133 e. The maximum Gasteiger partial charge on any atom is 0.133 e. The minimum absolute atomic E-state index is 0.217. The lowest BCUT2D eigenvalue weighted by molar-refractivity contribution is 0.631. The Balaban J connectivity index is 2.26. The van der Waals surface area contributed by atoms with Gasteiger partial charge in [-0.05, 0) is 43.2 Å². The van der Waals surface area contributed by atoms with Gasteiger partial charge in [0.1, 0.15) is 10.8 Å². The molecule has 0 bridgehead atoms. The van der Waals surface area contributed by atoms with Crippen LogP contribution in [0.15, 0.2) is 36.4 Å². The SMILES string of the molecule is Cc1ccc2sc(-c3ccccc3F)nc2c1C. The minimum atomic E-state index is -0.217. The molecule has 0 aliphatic carbocycles. The van der Waals surface area contributed by atoms with Crippen LogP contribution in [0.1, 0.15) is 11.1 Å². The molecule has 1 nitrogen and oxygen atoms in total. The predicted molar refractivity (Wildman–Crippen MR) is 74.5 cm³/mol. The lowest BCUT2D eigenvalue weighted by Crippen LogP contribution is -1.84. The molecular weight excluding hydrogens is 245 g/mol. The number of fused-ring (bicyclic) bond motifs is 1. The second kappa shape index (κ2) is 4.18. The predicted octanol–water partition coefficient (Wildman–Crippen LogP) is 4.72. The molecule has 0 spiro atoms. The summed E-state index contributed by atoms with van der Waals surface area (Å²) in [5.74, 6) is -0.217. The molecule has 3 aromatic rings. The standard InChI is InChI=1S/C15H12FNS/c1-9-7-8-13-14(10(9)2)17-15(18-13)11-5-3-4-6-12(11)16/h3-8H,1-2H3. The van der Waals surface area contributed by atoms with Crippen molar-refractivity contribution in [2.45, 2.75) is 13.8 Å². The maximum absolute atomic E-state index is 13.8. The molecule has 2 aromatic carbocycles. The molecule has 0 saturated heterocycles. The number of thiazole rings is 1. The summed E-state index contributed by atoms with van der Waals surface area (Å²) in [7, 11) is 0. The van der Waals surface area contributed by atoms with Gasteiger partial charge in [0.2, 0.25) is 0 Å². The Bertz CT molecular complexity index is 730. The first-order valence-electron chi connectivity index (χ1n) is 5.78. The molecule has 3 rings (SSSR count). The van der Waals surface area contributed by atoms with Gasteiger partial charge in [0.05, 0.1) is 10.2 Å². The Kier molecular flexibility index (Phi) is 2.63. The Hall–Kier alpha value is -1.74. The molecule has 0 aliphatic rings. The lowest BCUT2D eigenvalue weighted by Gasteiger charge is -1.98. The number of aromatic nitrogens is 1. The number of hydrogen-bond acceptors (Lipinski definition) is 2. The third-order valence-electron chi connectivity index (χ3n) is 3.19. The summed E-state index contributed by atoms with van der Waals surface area (Å²) in [5.41, 5.74) is 3.95. The number of rotatable bonds is 1. The third kappa shape index (κ3) is 1.71. The molecule has 0 saturated carbocycles. The Morgan fingerprint density at radius 1 is 1.06 bits per heavy atom. The summed E-state index contributed by atoms with van der Waals surface area (Å²) in [6.07, 6.45) is 0. The van der Waals surface area contributed by atoms with Crippen molar-refractivity contribution in [2.75, 3.05) is 0 Å². The van der Waals surface area contributed by atoms with Crippen LogP contribution in [-0.2, 0) is 0 Å².